The van der Waals surface area contributed by atoms with Gasteiger partial charge in [-0.25, -0.2) is 9.98 Å². The Kier molecular flexibility index (Phi) is 9.93. The molecule has 2 aromatic rings. The molecule has 1 aromatic carbocycles. The van der Waals surface area contributed by atoms with Crippen LogP contribution in [0.15, 0.2) is 41.2 Å². The van der Waals surface area contributed by atoms with Crippen LogP contribution in [0.4, 0.5) is 10.8 Å². The van der Waals surface area contributed by atoms with Crippen LogP contribution >= 0.6 is 23.1 Å². The van der Waals surface area contributed by atoms with Crippen molar-refractivity contribution in [1.29, 1.82) is 0 Å². The van der Waals surface area contributed by atoms with Crippen molar-refractivity contribution in [2.75, 3.05) is 18.2 Å². The van der Waals surface area contributed by atoms with E-state index in [1.54, 1.807) is 0 Å². The highest BCUT2D eigenvalue weighted by atomic mass is 32.2. The molecule has 152 valence electrons. The number of thioether (sulfide) groups is 1. The number of hydrogen-bond donors (Lipinski definition) is 2. The quantitative estimate of drug-likeness (QED) is 0.241. The van der Waals surface area contributed by atoms with Crippen molar-refractivity contribution in [1.82, 2.24) is 4.98 Å². The number of unbranched alkanes of at least 4 members (excludes halogenated alkanes) is 5. The Morgan fingerprint density at radius 1 is 1.21 bits per heavy atom. The van der Waals surface area contributed by atoms with Crippen LogP contribution in [0, 0.1) is 0 Å². The zero-order valence-corrected chi connectivity index (χ0v) is 18.4. The third kappa shape index (κ3) is 7.94. The first-order valence-electron chi connectivity index (χ1n) is 9.65. The molecule has 0 fully saturated rings. The number of amidine groups is 1. The lowest BCUT2D eigenvalue weighted by molar-refractivity contribution is 0.304. The normalized spacial score (nSPS) is 11.4. The number of anilines is 2. The summed E-state index contributed by atoms with van der Waals surface area (Å²) in [4.78, 5) is 8.73. The Hall–Kier alpha value is -1.99. The topological polar surface area (TPSA) is 72.5 Å². The van der Waals surface area contributed by atoms with Crippen LogP contribution in [0.5, 0.6) is 5.75 Å². The highest BCUT2D eigenvalue weighted by Gasteiger charge is 2.06. The van der Waals surface area contributed by atoms with Crippen LogP contribution in [-0.4, -0.2) is 23.0 Å². The van der Waals surface area contributed by atoms with Crippen molar-refractivity contribution >= 4 is 44.8 Å². The van der Waals surface area contributed by atoms with E-state index in [1.807, 2.05) is 35.9 Å². The van der Waals surface area contributed by atoms with Crippen LogP contribution in [0.3, 0.4) is 0 Å². The zero-order valence-electron chi connectivity index (χ0n) is 16.7. The number of nitrogens with zero attached hydrogens (tertiary/aromatic N) is 2. The molecule has 0 aliphatic heterocycles. The van der Waals surface area contributed by atoms with E-state index >= 15 is 0 Å². The summed E-state index contributed by atoms with van der Waals surface area (Å²) < 4.78 is 5.82. The summed E-state index contributed by atoms with van der Waals surface area (Å²) in [6, 6.07) is 7.96. The van der Waals surface area contributed by atoms with E-state index in [0.717, 1.165) is 35.3 Å². The van der Waals surface area contributed by atoms with E-state index in [1.165, 1.54) is 55.2 Å². The van der Waals surface area contributed by atoms with Crippen molar-refractivity contribution in [2.45, 2.75) is 45.4 Å². The second kappa shape index (κ2) is 12.5. The molecule has 2 rings (SSSR count). The maximum Gasteiger partial charge on any atom is 0.187 e. The lowest BCUT2D eigenvalue weighted by atomic mass is 10.1. The maximum atomic E-state index is 5.82. The number of rotatable bonds is 12. The van der Waals surface area contributed by atoms with Crippen molar-refractivity contribution in [3.8, 4) is 5.75 Å². The van der Waals surface area contributed by atoms with E-state index in [-0.39, 0.29) is 0 Å². The molecule has 5 nitrogen and oxygen atoms in total. The van der Waals surface area contributed by atoms with Gasteiger partial charge in [0, 0.05) is 11.1 Å². The van der Waals surface area contributed by atoms with Gasteiger partial charge < -0.3 is 15.8 Å². The lowest BCUT2D eigenvalue weighted by Crippen LogP contribution is -2.05. The number of thiazole rings is 1. The van der Waals surface area contributed by atoms with Gasteiger partial charge in [-0.2, -0.15) is 0 Å². The van der Waals surface area contributed by atoms with Crippen LogP contribution in [-0.2, 0) is 0 Å². The number of ether oxygens (including phenoxy) is 1. The molecule has 0 aliphatic rings. The molecule has 0 amide bonds. The highest BCUT2D eigenvalue weighted by Crippen LogP contribution is 2.26. The molecule has 1 heterocycles. The average Bonchev–Trinajstić information content (AvgIpc) is 3.17. The first kappa shape index (κ1) is 22.3. The van der Waals surface area contributed by atoms with Crippen LogP contribution in [0.2, 0.25) is 0 Å². The molecule has 7 heteroatoms. The first-order valence-corrected chi connectivity index (χ1v) is 11.8. The van der Waals surface area contributed by atoms with Gasteiger partial charge in [-0.05, 0) is 36.9 Å². The van der Waals surface area contributed by atoms with E-state index in [9.17, 15) is 0 Å². The van der Waals surface area contributed by atoms with Gasteiger partial charge in [0.2, 0.25) is 0 Å². The van der Waals surface area contributed by atoms with Crippen molar-refractivity contribution in [2.24, 2.45) is 10.7 Å². The second-order valence-corrected chi connectivity index (χ2v) is 8.09. The van der Waals surface area contributed by atoms with Gasteiger partial charge in [-0.15, -0.1) is 11.3 Å². The molecule has 1 aromatic heterocycles. The first-order chi connectivity index (χ1) is 13.6. The average molecular weight is 419 g/mol. The van der Waals surface area contributed by atoms with Crippen molar-refractivity contribution in [3.63, 3.8) is 0 Å². The Morgan fingerprint density at radius 3 is 2.64 bits per heavy atom. The monoisotopic (exact) mass is 418 g/mol. The fourth-order valence-electron chi connectivity index (χ4n) is 2.53. The van der Waals surface area contributed by atoms with E-state index < -0.39 is 0 Å². The minimum Gasteiger partial charge on any atom is -0.494 e. The van der Waals surface area contributed by atoms with Gasteiger partial charge >= 0.3 is 0 Å². The molecule has 0 atom stereocenters. The summed E-state index contributed by atoms with van der Waals surface area (Å²) in [6.45, 7) is 6.93. The minimum atomic E-state index is 0.476. The van der Waals surface area contributed by atoms with Crippen LogP contribution in [0.25, 0.3) is 5.70 Å². The van der Waals surface area contributed by atoms with Crippen molar-refractivity contribution < 1.29 is 4.74 Å². The predicted molar refractivity (Wildman–Crippen MR) is 125 cm³/mol. The zero-order chi connectivity index (χ0) is 20.2. The number of nitrogens with two attached hydrogens (primary N) is 1. The number of benzene rings is 1. The SMILES string of the molecule is C=C(N=C(N)SC)c1csc(Nc2ccc(OCCCCCCCC)cc2)n1. The Balaban J connectivity index is 1.77. The van der Waals surface area contributed by atoms with Gasteiger partial charge in [0.15, 0.2) is 10.3 Å². The Morgan fingerprint density at radius 2 is 1.93 bits per heavy atom. The summed E-state index contributed by atoms with van der Waals surface area (Å²) in [5.41, 5.74) is 7.98. The largest absolute Gasteiger partial charge is 0.494 e. The third-order valence-corrected chi connectivity index (χ3v) is 5.39. The third-order valence-electron chi connectivity index (χ3n) is 4.13. The molecule has 0 spiro atoms. The van der Waals surface area contributed by atoms with E-state index in [4.69, 9.17) is 10.5 Å². The molecule has 0 radical (unpaired) electrons. The maximum absolute atomic E-state index is 5.82. The molecule has 3 N–H and O–H groups in total. The number of nitrogens with one attached hydrogen (secondary N) is 1. The second-order valence-electron chi connectivity index (χ2n) is 6.40. The minimum absolute atomic E-state index is 0.476. The van der Waals surface area contributed by atoms with Gasteiger partial charge in [-0.3, -0.25) is 0 Å². The molecule has 0 aliphatic carbocycles. The highest BCUT2D eigenvalue weighted by molar-refractivity contribution is 8.13. The Labute approximate surface area is 176 Å². The standard InChI is InChI=1S/C21H30N4OS2/c1-4-5-6-7-8-9-14-26-18-12-10-17(11-13-18)24-21-25-19(15-28-21)16(2)23-20(22)27-3/h10-13,15H,2,4-9,14H2,1,3H3,(H2,22,23)(H,24,25). The number of aromatic nitrogens is 1. The summed E-state index contributed by atoms with van der Waals surface area (Å²) in [5, 5.41) is 6.47. The molecular weight excluding hydrogens is 388 g/mol. The summed E-state index contributed by atoms with van der Waals surface area (Å²) in [6.07, 6.45) is 9.49. The molecular formula is C21H30N4OS2. The van der Waals surface area contributed by atoms with Crippen molar-refractivity contribution in [3.05, 3.63) is 41.9 Å². The Bertz CT molecular complexity index is 756. The fourth-order valence-corrected chi connectivity index (χ4v) is 3.47. The molecule has 0 unspecified atom stereocenters. The van der Waals surface area contributed by atoms with Gasteiger partial charge in [0.1, 0.15) is 11.4 Å². The van der Waals surface area contributed by atoms with E-state index in [0.29, 0.717) is 10.9 Å². The summed E-state index contributed by atoms with van der Waals surface area (Å²) in [5.74, 6) is 0.897. The van der Waals surface area contributed by atoms with Crippen LogP contribution in [0.1, 0.15) is 51.1 Å². The molecule has 28 heavy (non-hydrogen) atoms. The summed E-state index contributed by atoms with van der Waals surface area (Å²) in [7, 11) is 0. The predicted octanol–water partition coefficient (Wildman–Crippen LogP) is 6.27. The van der Waals surface area contributed by atoms with Gasteiger partial charge in [-0.1, -0.05) is 57.4 Å². The number of aliphatic imine (C=N–C) groups is 1. The molecule has 0 saturated carbocycles. The van der Waals surface area contributed by atoms with Gasteiger partial charge in [0.25, 0.3) is 0 Å². The van der Waals surface area contributed by atoms with E-state index in [2.05, 4.69) is 28.8 Å². The summed E-state index contributed by atoms with van der Waals surface area (Å²) >= 11 is 2.89. The number of hydrogen-bond acceptors (Lipinski definition) is 6. The molecule has 0 saturated heterocycles. The fraction of sp³-hybridized carbons (Fsp3) is 0.429. The smallest absolute Gasteiger partial charge is 0.187 e. The molecule has 0 bridgehead atoms. The lowest BCUT2D eigenvalue weighted by Gasteiger charge is -2.08. The van der Waals surface area contributed by atoms with Gasteiger partial charge in [0.05, 0.1) is 12.3 Å². The van der Waals surface area contributed by atoms with Crippen LogP contribution < -0.4 is 15.8 Å².